The number of carbonyl (C=O) groups is 2. The Hall–Kier alpha value is -3.40. The first-order valence-corrected chi connectivity index (χ1v) is 9.32. The molecule has 0 saturated heterocycles. The summed E-state index contributed by atoms with van der Waals surface area (Å²) in [5.74, 6) is -0.230. The standard InChI is InChI=1S/C24H24N2O2/c1-20(27)25(17-21-11-5-2-6-12-21)19-24(28)26(23-15-9-4-10-16-23)18-22-13-7-3-8-14-22/h2-16H,17-19H2,1H3. The van der Waals surface area contributed by atoms with Crippen molar-refractivity contribution in [1.82, 2.24) is 4.90 Å². The molecule has 0 aliphatic carbocycles. The van der Waals surface area contributed by atoms with Crippen LogP contribution in [0.2, 0.25) is 0 Å². The number of para-hydroxylation sites is 1. The Morgan fingerprint density at radius 3 is 1.64 bits per heavy atom. The van der Waals surface area contributed by atoms with Gasteiger partial charge in [-0.2, -0.15) is 0 Å². The van der Waals surface area contributed by atoms with Crippen LogP contribution in [0.3, 0.4) is 0 Å². The number of amides is 2. The average Bonchev–Trinajstić information content (AvgIpc) is 2.73. The van der Waals surface area contributed by atoms with E-state index in [9.17, 15) is 9.59 Å². The Labute approximate surface area is 166 Å². The summed E-state index contributed by atoms with van der Waals surface area (Å²) in [5, 5.41) is 0. The van der Waals surface area contributed by atoms with Crippen molar-refractivity contribution >= 4 is 17.5 Å². The largest absolute Gasteiger partial charge is 0.329 e. The molecule has 0 aliphatic rings. The Kier molecular flexibility index (Phi) is 6.58. The molecule has 2 amide bonds. The monoisotopic (exact) mass is 372 g/mol. The van der Waals surface area contributed by atoms with Crippen LogP contribution in [0.5, 0.6) is 0 Å². The van der Waals surface area contributed by atoms with E-state index in [-0.39, 0.29) is 18.4 Å². The molecule has 3 aromatic carbocycles. The highest BCUT2D eigenvalue weighted by Gasteiger charge is 2.21. The first kappa shape index (κ1) is 19.4. The predicted octanol–water partition coefficient (Wildman–Crippen LogP) is 4.27. The normalized spacial score (nSPS) is 10.3. The van der Waals surface area contributed by atoms with E-state index in [1.807, 2.05) is 91.0 Å². The lowest BCUT2D eigenvalue weighted by Gasteiger charge is -2.27. The zero-order chi connectivity index (χ0) is 19.8. The van der Waals surface area contributed by atoms with Gasteiger partial charge in [0.15, 0.2) is 0 Å². The van der Waals surface area contributed by atoms with Crippen molar-refractivity contribution in [1.29, 1.82) is 0 Å². The molecular weight excluding hydrogens is 348 g/mol. The van der Waals surface area contributed by atoms with E-state index < -0.39 is 0 Å². The molecule has 0 radical (unpaired) electrons. The molecule has 0 aromatic heterocycles. The quantitative estimate of drug-likeness (QED) is 0.621. The van der Waals surface area contributed by atoms with Gasteiger partial charge in [-0.15, -0.1) is 0 Å². The van der Waals surface area contributed by atoms with Gasteiger partial charge in [0.05, 0.1) is 6.54 Å². The number of rotatable bonds is 7. The molecule has 0 fully saturated rings. The SMILES string of the molecule is CC(=O)N(CC(=O)N(Cc1ccccc1)c1ccccc1)Cc1ccccc1. The van der Waals surface area contributed by atoms with Crippen LogP contribution in [0.25, 0.3) is 0 Å². The number of hydrogen-bond acceptors (Lipinski definition) is 2. The third kappa shape index (κ3) is 5.30. The van der Waals surface area contributed by atoms with Crippen molar-refractivity contribution in [3.8, 4) is 0 Å². The molecule has 0 aliphatic heterocycles. The summed E-state index contributed by atoms with van der Waals surface area (Å²) in [6.45, 7) is 2.41. The summed E-state index contributed by atoms with van der Waals surface area (Å²) >= 11 is 0. The average molecular weight is 372 g/mol. The second-order valence-corrected chi connectivity index (χ2v) is 6.66. The summed E-state index contributed by atoms with van der Waals surface area (Å²) in [4.78, 5) is 28.7. The van der Waals surface area contributed by atoms with Crippen LogP contribution in [0, 0.1) is 0 Å². The van der Waals surface area contributed by atoms with Gasteiger partial charge in [-0.1, -0.05) is 78.9 Å². The molecule has 0 atom stereocenters. The summed E-state index contributed by atoms with van der Waals surface area (Å²) in [7, 11) is 0. The maximum Gasteiger partial charge on any atom is 0.246 e. The van der Waals surface area contributed by atoms with Crippen molar-refractivity contribution in [2.45, 2.75) is 20.0 Å². The van der Waals surface area contributed by atoms with Crippen LogP contribution >= 0.6 is 0 Å². The summed E-state index contributed by atoms with van der Waals surface area (Å²) < 4.78 is 0. The molecule has 0 N–H and O–H groups in total. The van der Waals surface area contributed by atoms with Gasteiger partial charge < -0.3 is 9.80 Å². The lowest BCUT2D eigenvalue weighted by Crippen LogP contribution is -2.41. The first-order chi connectivity index (χ1) is 13.6. The molecule has 142 valence electrons. The highest BCUT2D eigenvalue weighted by Crippen LogP contribution is 2.18. The smallest absolute Gasteiger partial charge is 0.246 e. The van der Waals surface area contributed by atoms with Crippen molar-refractivity contribution in [3.05, 3.63) is 102 Å². The Balaban J connectivity index is 1.80. The minimum absolute atomic E-state index is 0.0337. The van der Waals surface area contributed by atoms with Gasteiger partial charge >= 0.3 is 0 Å². The van der Waals surface area contributed by atoms with Gasteiger partial charge in [0, 0.05) is 19.2 Å². The highest BCUT2D eigenvalue weighted by atomic mass is 16.2. The molecule has 28 heavy (non-hydrogen) atoms. The number of anilines is 1. The van der Waals surface area contributed by atoms with E-state index in [0.717, 1.165) is 16.8 Å². The minimum atomic E-state index is -0.120. The van der Waals surface area contributed by atoms with Gasteiger partial charge in [0.2, 0.25) is 11.8 Å². The van der Waals surface area contributed by atoms with Crippen LogP contribution in [-0.4, -0.2) is 23.3 Å². The maximum absolute atomic E-state index is 13.2. The van der Waals surface area contributed by atoms with Gasteiger partial charge in [0.25, 0.3) is 0 Å². The third-order valence-corrected chi connectivity index (χ3v) is 4.54. The fraction of sp³-hybridized carbons (Fsp3) is 0.167. The van der Waals surface area contributed by atoms with Gasteiger partial charge in [0.1, 0.15) is 6.54 Å². The number of nitrogens with zero attached hydrogens (tertiary/aromatic N) is 2. The molecule has 4 heteroatoms. The fourth-order valence-electron chi connectivity index (χ4n) is 3.03. The van der Waals surface area contributed by atoms with E-state index in [0.29, 0.717) is 13.1 Å². The molecule has 3 aromatic rings. The molecule has 4 nitrogen and oxygen atoms in total. The molecule has 0 bridgehead atoms. The summed E-state index contributed by atoms with van der Waals surface area (Å²) in [6.07, 6.45) is 0. The van der Waals surface area contributed by atoms with Gasteiger partial charge in [-0.25, -0.2) is 0 Å². The highest BCUT2D eigenvalue weighted by molar-refractivity contribution is 5.96. The molecule has 0 spiro atoms. The van der Waals surface area contributed by atoms with Crippen LogP contribution in [0.1, 0.15) is 18.1 Å². The third-order valence-electron chi connectivity index (χ3n) is 4.54. The Bertz CT molecular complexity index is 896. The predicted molar refractivity (Wildman–Crippen MR) is 112 cm³/mol. The summed E-state index contributed by atoms with van der Waals surface area (Å²) in [6, 6.07) is 29.1. The number of hydrogen-bond donors (Lipinski definition) is 0. The Morgan fingerprint density at radius 1 is 0.679 bits per heavy atom. The van der Waals surface area contributed by atoms with E-state index in [1.54, 1.807) is 9.80 Å². The van der Waals surface area contributed by atoms with Crippen molar-refractivity contribution in [2.75, 3.05) is 11.4 Å². The maximum atomic E-state index is 13.2. The van der Waals surface area contributed by atoms with Crippen molar-refractivity contribution in [2.24, 2.45) is 0 Å². The van der Waals surface area contributed by atoms with Gasteiger partial charge in [-0.05, 0) is 23.3 Å². The van der Waals surface area contributed by atoms with Crippen LogP contribution in [0.15, 0.2) is 91.0 Å². The van der Waals surface area contributed by atoms with Crippen LogP contribution in [0.4, 0.5) is 5.69 Å². The topological polar surface area (TPSA) is 40.6 Å². The van der Waals surface area contributed by atoms with Crippen LogP contribution < -0.4 is 4.90 Å². The zero-order valence-electron chi connectivity index (χ0n) is 16.0. The van der Waals surface area contributed by atoms with E-state index >= 15 is 0 Å². The molecule has 0 unspecified atom stereocenters. The van der Waals surface area contributed by atoms with E-state index in [1.165, 1.54) is 6.92 Å². The first-order valence-electron chi connectivity index (χ1n) is 9.32. The second kappa shape index (κ2) is 9.51. The van der Waals surface area contributed by atoms with Gasteiger partial charge in [-0.3, -0.25) is 9.59 Å². The number of benzene rings is 3. The number of carbonyl (C=O) groups excluding carboxylic acids is 2. The van der Waals surface area contributed by atoms with Crippen molar-refractivity contribution in [3.63, 3.8) is 0 Å². The molecule has 3 rings (SSSR count). The Morgan fingerprint density at radius 2 is 1.14 bits per heavy atom. The lowest BCUT2D eigenvalue weighted by molar-refractivity contribution is -0.134. The van der Waals surface area contributed by atoms with E-state index in [4.69, 9.17) is 0 Å². The van der Waals surface area contributed by atoms with Crippen LogP contribution in [-0.2, 0) is 22.7 Å². The summed E-state index contributed by atoms with van der Waals surface area (Å²) in [5.41, 5.74) is 2.86. The second-order valence-electron chi connectivity index (χ2n) is 6.66. The fourth-order valence-corrected chi connectivity index (χ4v) is 3.03. The molecule has 0 heterocycles. The lowest BCUT2D eigenvalue weighted by atomic mass is 10.2. The molecule has 0 saturated carbocycles. The molecular formula is C24H24N2O2. The zero-order valence-corrected chi connectivity index (χ0v) is 16.0. The minimum Gasteiger partial charge on any atom is -0.329 e. The van der Waals surface area contributed by atoms with Crippen molar-refractivity contribution < 1.29 is 9.59 Å². The van der Waals surface area contributed by atoms with E-state index in [2.05, 4.69) is 0 Å².